The van der Waals surface area contributed by atoms with Gasteiger partial charge in [0.25, 0.3) is 0 Å². The first-order chi connectivity index (χ1) is 11.7. The molecule has 1 amide bonds. The second kappa shape index (κ2) is 8.55. The summed E-state index contributed by atoms with van der Waals surface area (Å²) in [5, 5.41) is 5.97. The molecule has 2 N–H and O–H groups in total. The zero-order chi connectivity index (χ0) is 16.5. The standard InChI is InChI=1S/C17H15N5OS.2ClH/c18-13-8-14-16(2-1-7-19-14)22(17(13)23)9-11-3-5-12(6-4-11)15-10-24-21-20-15;;/h1-7,10,13H,8-9,18H2;2*1H. The Hall–Kier alpha value is -2.06. The van der Waals surface area contributed by atoms with Crippen molar-refractivity contribution in [2.24, 2.45) is 5.73 Å². The second-order valence-corrected chi connectivity index (χ2v) is 6.30. The molecule has 0 radical (unpaired) electrons. The molecular formula is C17H17Cl2N5OS. The number of hydrogen-bond acceptors (Lipinski definition) is 6. The number of nitrogens with two attached hydrogens (primary N) is 1. The maximum absolute atomic E-state index is 12.5. The van der Waals surface area contributed by atoms with E-state index in [4.69, 9.17) is 5.73 Å². The van der Waals surface area contributed by atoms with Crippen LogP contribution in [0.1, 0.15) is 11.3 Å². The summed E-state index contributed by atoms with van der Waals surface area (Å²) in [6.07, 6.45) is 2.22. The van der Waals surface area contributed by atoms with Crippen molar-refractivity contribution in [2.45, 2.75) is 19.0 Å². The van der Waals surface area contributed by atoms with Crippen molar-refractivity contribution in [2.75, 3.05) is 4.90 Å². The molecule has 2 aromatic heterocycles. The Labute approximate surface area is 167 Å². The molecule has 26 heavy (non-hydrogen) atoms. The van der Waals surface area contributed by atoms with E-state index in [1.807, 2.05) is 41.8 Å². The van der Waals surface area contributed by atoms with Crippen LogP contribution in [0, 0.1) is 0 Å². The first kappa shape index (κ1) is 20.3. The Kier molecular flexibility index (Phi) is 6.66. The zero-order valence-electron chi connectivity index (χ0n) is 13.6. The maximum atomic E-state index is 12.5. The van der Waals surface area contributed by atoms with Crippen LogP contribution in [-0.2, 0) is 17.8 Å². The summed E-state index contributed by atoms with van der Waals surface area (Å²) < 4.78 is 3.88. The van der Waals surface area contributed by atoms with Crippen LogP contribution in [0.15, 0.2) is 48.0 Å². The summed E-state index contributed by atoms with van der Waals surface area (Å²) in [6, 6.07) is 11.2. The molecule has 136 valence electrons. The second-order valence-electron chi connectivity index (χ2n) is 5.69. The molecule has 1 unspecified atom stereocenters. The number of halogens is 2. The van der Waals surface area contributed by atoms with Crippen molar-refractivity contribution in [3.63, 3.8) is 0 Å². The Balaban J connectivity index is 0.00000121. The van der Waals surface area contributed by atoms with Crippen LogP contribution in [0.3, 0.4) is 0 Å². The highest BCUT2D eigenvalue weighted by Crippen LogP contribution is 2.27. The van der Waals surface area contributed by atoms with E-state index >= 15 is 0 Å². The summed E-state index contributed by atoms with van der Waals surface area (Å²) in [5.41, 5.74) is 10.6. The molecule has 0 bridgehead atoms. The Morgan fingerprint density at radius 1 is 1.19 bits per heavy atom. The number of fused-ring (bicyclic) bond motifs is 1. The van der Waals surface area contributed by atoms with E-state index < -0.39 is 6.04 Å². The molecule has 3 aromatic rings. The highest BCUT2D eigenvalue weighted by atomic mass is 35.5. The fourth-order valence-corrected chi connectivity index (χ4v) is 3.33. The van der Waals surface area contributed by atoms with Gasteiger partial charge in [-0.15, -0.1) is 29.9 Å². The van der Waals surface area contributed by atoms with E-state index in [2.05, 4.69) is 14.6 Å². The minimum absolute atomic E-state index is 0. The fraction of sp³-hybridized carbons (Fsp3) is 0.176. The number of anilines is 1. The molecule has 1 aromatic carbocycles. The Morgan fingerprint density at radius 3 is 2.65 bits per heavy atom. The lowest BCUT2D eigenvalue weighted by atomic mass is 10.0. The van der Waals surface area contributed by atoms with Gasteiger partial charge in [-0.05, 0) is 29.2 Å². The van der Waals surface area contributed by atoms with Crippen molar-refractivity contribution < 1.29 is 4.79 Å². The topological polar surface area (TPSA) is 85.0 Å². The Bertz CT molecular complexity index is 873. The van der Waals surface area contributed by atoms with Gasteiger partial charge in [-0.1, -0.05) is 28.8 Å². The molecule has 1 atom stereocenters. The lowest BCUT2D eigenvalue weighted by molar-refractivity contribution is -0.120. The predicted molar refractivity (Wildman–Crippen MR) is 107 cm³/mol. The first-order valence-corrected chi connectivity index (χ1v) is 8.43. The highest BCUT2D eigenvalue weighted by molar-refractivity contribution is 7.03. The maximum Gasteiger partial charge on any atom is 0.244 e. The molecule has 0 saturated heterocycles. The number of amides is 1. The molecule has 4 rings (SSSR count). The third kappa shape index (κ3) is 3.86. The fourth-order valence-electron chi connectivity index (χ4n) is 2.86. The lowest BCUT2D eigenvalue weighted by Gasteiger charge is -2.32. The van der Waals surface area contributed by atoms with Gasteiger partial charge < -0.3 is 10.6 Å². The summed E-state index contributed by atoms with van der Waals surface area (Å²) in [5.74, 6) is -0.0664. The molecular weight excluding hydrogens is 393 g/mol. The predicted octanol–water partition coefficient (Wildman–Crippen LogP) is 2.86. The van der Waals surface area contributed by atoms with Crippen LogP contribution in [-0.4, -0.2) is 26.5 Å². The normalized spacial score (nSPS) is 15.7. The average Bonchev–Trinajstić information content (AvgIpc) is 3.14. The molecule has 0 aliphatic carbocycles. The van der Waals surface area contributed by atoms with Gasteiger partial charge in [0.15, 0.2) is 0 Å². The number of pyridine rings is 1. The summed E-state index contributed by atoms with van der Waals surface area (Å²) in [4.78, 5) is 18.6. The largest absolute Gasteiger partial charge is 0.320 e. The first-order valence-electron chi connectivity index (χ1n) is 7.59. The van der Waals surface area contributed by atoms with Gasteiger partial charge in [0.1, 0.15) is 5.69 Å². The molecule has 3 heterocycles. The lowest BCUT2D eigenvalue weighted by Crippen LogP contribution is -2.48. The van der Waals surface area contributed by atoms with E-state index in [1.165, 1.54) is 11.5 Å². The average molecular weight is 410 g/mol. The van der Waals surface area contributed by atoms with Gasteiger partial charge >= 0.3 is 0 Å². The van der Waals surface area contributed by atoms with E-state index in [1.54, 1.807) is 11.1 Å². The van der Waals surface area contributed by atoms with Gasteiger partial charge in [-0.3, -0.25) is 9.78 Å². The van der Waals surface area contributed by atoms with Crippen LogP contribution in [0.2, 0.25) is 0 Å². The van der Waals surface area contributed by atoms with Gasteiger partial charge in [-0.25, -0.2) is 0 Å². The molecule has 0 spiro atoms. The molecule has 0 fully saturated rings. The van der Waals surface area contributed by atoms with E-state index in [-0.39, 0.29) is 30.7 Å². The van der Waals surface area contributed by atoms with Crippen molar-refractivity contribution in [3.8, 4) is 11.3 Å². The van der Waals surface area contributed by atoms with E-state index in [0.717, 1.165) is 28.2 Å². The third-order valence-electron chi connectivity index (χ3n) is 4.10. The van der Waals surface area contributed by atoms with Crippen molar-refractivity contribution in [1.29, 1.82) is 0 Å². The van der Waals surface area contributed by atoms with Gasteiger partial charge in [-0.2, -0.15) is 0 Å². The Morgan fingerprint density at radius 2 is 1.96 bits per heavy atom. The van der Waals surface area contributed by atoms with Gasteiger partial charge in [0, 0.05) is 23.6 Å². The van der Waals surface area contributed by atoms with Crippen LogP contribution in [0.4, 0.5) is 5.69 Å². The molecule has 1 aliphatic rings. The minimum atomic E-state index is -0.534. The number of hydrogen-bond donors (Lipinski definition) is 1. The summed E-state index contributed by atoms with van der Waals surface area (Å²) >= 11 is 1.33. The van der Waals surface area contributed by atoms with Crippen LogP contribution in [0.5, 0.6) is 0 Å². The highest BCUT2D eigenvalue weighted by Gasteiger charge is 2.31. The molecule has 0 saturated carbocycles. The number of benzene rings is 1. The smallest absolute Gasteiger partial charge is 0.244 e. The SMILES string of the molecule is Cl.Cl.NC1Cc2ncccc2N(Cc2ccc(-c3csnn3)cc2)C1=O. The van der Waals surface area contributed by atoms with Gasteiger partial charge in [0.05, 0.1) is 24.0 Å². The van der Waals surface area contributed by atoms with E-state index in [9.17, 15) is 4.79 Å². The van der Waals surface area contributed by atoms with Crippen molar-refractivity contribution in [3.05, 3.63) is 59.2 Å². The van der Waals surface area contributed by atoms with Crippen molar-refractivity contribution in [1.82, 2.24) is 14.6 Å². The monoisotopic (exact) mass is 409 g/mol. The van der Waals surface area contributed by atoms with E-state index in [0.29, 0.717) is 13.0 Å². The molecule has 6 nitrogen and oxygen atoms in total. The van der Waals surface area contributed by atoms with Crippen LogP contribution < -0.4 is 10.6 Å². The number of carbonyl (C=O) groups is 1. The van der Waals surface area contributed by atoms with Crippen molar-refractivity contribution >= 4 is 47.9 Å². The molecule has 9 heteroatoms. The van der Waals surface area contributed by atoms with Crippen LogP contribution in [0.25, 0.3) is 11.3 Å². The van der Waals surface area contributed by atoms with Crippen LogP contribution >= 0.6 is 36.3 Å². The zero-order valence-corrected chi connectivity index (χ0v) is 16.1. The number of rotatable bonds is 3. The minimum Gasteiger partial charge on any atom is -0.320 e. The third-order valence-corrected chi connectivity index (χ3v) is 4.61. The molecule has 1 aliphatic heterocycles. The number of aromatic nitrogens is 3. The summed E-state index contributed by atoms with van der Waals surface area (Å²) in [6.45, 7) is 0.473. The number of carbonyl (C=O) groups excluding carboxylic acids is 1. The quantitative estimate of drug-likeness (QED) is 0.718. The van der Waals surface area contributed by atoms with Gasteiger partial charge in [0.2, 0.25) is 5.91 Å². The number of nitrogens with zero attached hydrogens (tertiary/aromatic N) is 4. The summed E-state index contributed by atoms with van der Waals surface area (Å²) in [7, 11) is 0.